The van der Waals surface area contributed by atoms with E-state index in [1.165, 1.54) is 0 Å². The molecular formula is C10H11F3N2O5. The van der Waals surface area contributed by atoms with E-state index in [4.69, 9.17) is 9.84 Å². The zero-order valence-electron chi connectivity index (χ0n) is 9.92. The summed E-state index contributed by atoms with van der Waals surface area (Å²) in [5.74, 6) is 0. The maximum absolute atomic E-state index is 12.6. The van der Waals surface area contributed by atoms with Gasteiger partial charge in [0.25, 0.3) is 5.56 Å². The van der Waals surface area contributed by atoms with E-state index in [2.05, 4.69) is 0 Å². The minimum absolute atomic E-state index is 0.172. The zero-order chi connectivity index (χ0) is 15.1. The van der Waals surface area contributed by atoms with Gasteiger partial charge in [-0.05, 0) is 0 Å². The van der Waals surface area contributed by atoms with Gasteiger partial charge in [0.15, 0.2) is 0 Å². The van der Waals surface area contributed by atoms with Crippen molar-refractivity contribution in [3.8, 4) is 0 Å². The first-order chi connectivity index (χ1) is 9.24. The third-order valence-electron chi connectivity index (χ3n) is 2.97. The number of halogens is 3. The number of H-pyrrole nitrogens is 1. The van der Waals surface area contributed by atoms with Gasteiger partial charge < -0.3 is 14.9 Å². The van der Waals surface area contributed by atoms with E-state index in [-0.39, 0.29) is 6.42 Å². The number of aromatic nitrogens is 2. The summed E-state index contributed by atoms with van der Waals surface area (Å²) in [7, 11) is 0. The molecule has 7 nitrogen and oxygen atoms in total. The summed E-state index contributed by atoms with van der Waals surface area (Å²) in [6.07, 6.45) is -8.04. The Hall–Kier alpha value is -1.65. The number of nitrogens with zero attached hydrogens (tertiary/aromatic N) is 1. The third-order valence-corrected chi connectivity index (χ3v) is 2.97. The molecule has 1 aromatic heterocycles. The number of aliphatic hydroxyl groups is 2. The zero-order valence-corrected chi connectivity index (χ0v) is 9.92. The fourth-order valence-electron chi connectivity index (χ4n) is 1.95. The average molecular weight is 298 g/mol. The highest BCUT2D eigenvalue weighted by Crippen LogP contribution is 2.30. The Kier molecular flexibility index (Phi) is 3.71. The molecule has 2 heterocycles. The van der Waals surface area contributed by atoms with Crippen molar-refractivity contribution in [2.24, 2.45) is 0 Å². The van der Waals surface area contributed by atoms with Crippen molar-refractivity contribution in [3.63, 3.8) is 0 Å². The Morgan fingerprint density at radius 1 is 1.55 bits per heavy atom. The van der Waals surface area contributed by atoms with Gasteiger partial charge in [-0.15, -0.1) is 0 Å². The van der Waals surface area contributed by atoms with Gasteiger partial charge in [0.1, 0.15) is 17.9 Å². The van der Waals surface area contributed by atoms with Gasteiger partial charge >= 0.3 is 11.9 Å². The quantitative estimate of drug-likeness (QED) is 0.663. The smallest absolute Gasteiger partial charge is 0.394 e. The second-order valence-corrected chi connectivity index (χ2v) is 4.32. The predicted octanol–water partition coefficient (Wildman–Crippen LogP) is -0.804. The van der Waals surface area contributed by atoms with E-state index in [1.807, 2.05) is 0 Å². The highest BCUT2D eigenvalue weighted by molar-refractivity contribution is 5.09. The highest BCUT2D eigenvalue weighted by Gasteiger charge is 2.38. The first-order valence-electron chi connectivity index (χ1n) is 5.61. The number of hydrogen-bond donors (Lipinski definition) is 3. The highest BCUT2D eigenvalue weighted by atomic mass is 19.4. The molecule has 1 aliphatic heterocycles. The Morgan fingerprint density at radius 3 is 2.70 bits per heavy atom. The van der Waals surface area contributed by atoms with Crippen molar-refractivity contribution in [3.05, 3.63) is 32.6 Å². The van der Waals surface area contributed by atoms with Gasteiger partial charge in [0, 0.05) is 12.6 Å². The lowest BCUT2D eigenvalue weighted by Gasteiger charge is -2.16. The van der Waals surface area contributed by atoms with Crippen LogP contribution in [-0.4, -0.2) is 38.6 Å². The monoisotopic (exact) mass is 298 g/mol. The first kappa shape index (κ1) is 14.8. The molecule has 0 radical (unpaired) electrons. The Morgan fingerprint density at radius 2 is 2.20 bits per heavy atom. The van der Waals surface area contributed by atoms with Crippen molar-refractivity contribution in [1.29, 1.82) is 0 Å². The summed E-state index contributed by atoms with van der Waals surface area (Å²) in [5.41, 5.74) is -4.17. The van der Waals surface area contributed by atoms with Crippen molar-refractivity contribution >= 4 is 0 Å². The van der Waals surface area contributed by atoms with Crippen LogP contribution in [-0.2, 0) is 10.9 Å². The topological polar surface area (TPSA) is 105 Å². The van der Waals surface area contributed by atoms with E-state index in [0.717, 1.165) is 0 Å². The first-order valence-corrected chi connectivity index (χ1v) is 5.61. The number of hydrogen-bond acceptors (Lipinski definition) is 5. The lowest BCUT2D eigenvalue weighted by atomic mass is 10.2. The lowest BCUT2D eigenvalue weighted by Crippen LogP contribution is -2.36. The Labute approximate surface area is 109 Å². The van der Waals surface area contributed by atoms with Crippen molar-refractivity contribution in [2.75, 3.05) is 6.61 Å². The van der Waals surface area contributed by atoms with Gasteiger partial charge in [-0.2, -0.15) is 13.2 Å². The van der Waals surface area contributed by atoms with E-state index < -0.39 is 48.0 Å². The molecule has 3 atom stereocenters. The number of aromatic amines is 1. The molecule has 0 spiro atoms. The molecule has 0 saturated carbocycles. The summed E-state index contributed by atoms with van der Waals surface area (Å²) in [6.45, 7) is -0.540. The van der Waals surface area contributed by atoms with Crippen LogP contribution in [0.25, 0.3) is 0 Å². The largest absolute Gasteiger partial charge is 0.423 e. The summed E-state index contributed by atoms with van der Waals surface area (Å²) >= 11 is 0. The van der Waals surface area contributed by atoms with E-state index >= 15 is 0 Å². The number of nitrogens with one attached hydrogen (secondary N) is 1. The lowest BCUT2D eigenvalue weighted by molar-refractivity contribution is -0.139. The standard InChI is InChI=1S/C10H11F3N2O5/c11-10(12,13)4-2-15(9(19)14-8(4)18)7-1-5(17)6(3-16)20-7/h2,5-7,16-17H,1,3H2,(H,14,18,19)/t5-,6+,7+/m0/s1/i9+2. The van der Waals surface area contributed by atoms with Gasteiger partial charge in [-0.1, -0.05) is 0 Å². The number of rotatable bonds is 2. The molecule has 0 amide bonds. The van der Waals surface area contributed by atoms with Crippen molar-refractivity contribution in [2.45, 2.75) is 31.0 Å². The summed E-state index contributed by atoms with van der Waals surface area (Å²) in [6, 6.07) is 0. The Bertz CT molecular complexity index is 608. The van der Waals surface area contributed by atoms with Crippen LogP contribution in [0.5, 0.6) is 0 Å². The molecule has 1 aromatic rings. The SMILES string of the molecule is O=c1[nH][14c](=O)n([C@H]2C[C@H](O)[C@@H](CO)O2)cc1C(F)(F)F. The summed E-state index contributed by atoms with van der Waals surface area (Å²) < 4.78 is 43.4. The molecule has 0 bridgehead atoms. The molecular weight excluding hydrogens is 287 g/mol. The van der Waals surface area contributed by atoms with E-state index in [0.29, 0.717) is 10.8 Å². The maximum atomic E-state index is 12.6. The predicted molar refractivity (Wildman–Crippen MR) is 57.9 cm³/mol. The normalized spacial score (nSPS) is 26.9. The van der Waals surface area contributed by atoms with Crippen LogP contribution >= 0.6 is 0 Å². The molecule has 0 aromatic carbocycles. The molecule has 1 aliphatic rings. The molecule has 0 aliphatic carbocycles. The molecule has 3 N–H and O–H groups in total. The fourth-order valence-corrected chi connectivity index (χ4v) is 1.95. The van der Waals surface area contributed by atoms with Crippen LogP contribution in [0.4, 0.5) is 13.2 Å². The second kappa shape index (κ2) is 5.04. The molecule has 112 valence electrons. The molecule has 20 heavy (non-hydrogen) atoms. The van der Waals surface area contributed by atoms with Gasteiger partial charge in [0.05, 0.1) is 12.7 Å². The molecule has 1 saturated heterocycles. The molecule has 0 unspecified atom stereocenters. The number of ether oxygens (including phenoxy) is 1. The van der Waals surface area contributed by atoms with Crippen molar-refractivity contribution in [1.82, 2.24) is 9.55 Å². The molecule has 10 heteroatoms. The Balaban J connectivity index is 2.43. The van der Waals surface area contributed by atoms with Crippen LogP contribution in [0.3, 0.4) is 0 Å². The van der Waals surface area contributed by atoms with E-state index in [1.54, 1.807) is 4.98 Å². The van der Waals surface area contributed by atoms with Crippen LogP contribution in [0.2, 0.25) is 0 Å². The van der Waals surface area contributed by atoms with E-state index in [9.17, 15) is 27.9 Å². The maximum Gasteiger partial charge on any atom is 0.423 e. The third kappa shape index (κ3) is 2.62. The molecule has 1 fully saturated rings. The summed E-state index contributed by atoms with van der Waals surface area (Å²) in [4.78, 5) is 24.2. The average Bonchev–Trinajstić information content (AvgIpc) is 2.68. The van der Waals surface area contributed by atoms with Gasteiger partial charge in [-0.25, -0.2) is 4.79 Å². The van der Waals surface area contributed by atoms with Crippen LogP contribution in [0.1, 0.15) is 18.2 Å². The number of aliphatic hydroxyl groups excluding tert-OH is 2. The van der Waals surface area contributed by atoms with Crippen LogP contribution < -0.4 is 11.2 Å². The van der Waals surface area contributed by atoms with Gasteiger partial charge in [-0.3, -0.25) is 14.3 Å². The number of alkyl halides is 3. The van der Waals surface area contributed by atoms with Crippen molar-refractivity contribution < 1.29 is 28.1 Å². The van der Waals surface area contributed by atoms with Gasteiger partial charge in [0.2, 0.25) is 0 Å². The second-order valence-electron chi connectivity index (χ2n) is 4.32. The molecule has 2 rings (SSSR count). The van der Waals surface area contributed by atoms with Crippen LogP contribution in [0.15, 0.2) is 15.8 Å². The minimum Gasteiger partial charge on any atom is -0.394 e. The fraction of sp³-hybridized carbons (Fsp3) is 0.600. The van der Waals surface area contributed by atoms with Crippen LogP contribution in [0, 0.1) is 0 Å². The summed E-state index contributed by atoms with van der Waals surface area (Å²) in [5, 5.41) is 18.4. The minimum atomic E-state index is -4.92.